The Morgan fingerprint density at radius 1 is 1.12 bits per heavy atom. The van der Waals surface area contributed by atoms with E-state index >= 15 is 0 Å². The van der Waals surface area contributed by atoms with Gasteiger partial charge in [-0.25, -0.2) is 0 Å². The third-order valence-electron chi connectivity index (χ3n) is 5.30. The van der Waals surface area contributed by atoms with Gasteiger partial charge in [-0.2, -0.15) is 0 Å². The van der Waals surface area contributed by atoms with Crippen LogP contribution in [0.2, 0.25) is 0 Å². The number of nitrogens with one attached hydrogen (secondary N) is 2. The van der Waals surface area contributed by atoms with E-state index in [1.807, 2.05) is 30.3 Å². The van der Waals surface area contributed by atoms with Crippen molar-refractivity contribution in [2.45, 2.75) is 32.2 Å². The predicted molar refractivity (Wildman–Crippen MR) is 92.3 cm³/mol. The summed E-state index contributed by atoms with van der Waals surface area (Å²) in [6.07, 6.45) is 3.51. The lowest BCUT2D eigenvalue weighted by atomic mass is 9.81. The van der Waals surface area contributed by atoms with E-state index in [0.717, 1.165) is 47.2 Å². The summed E-state index contributed by atoms with van der Waals surface area (Å²) in [7, 11) is 0. The summed E-state index contributed by atoms with van der Waals surface area (Å²) in [5.41, 5.74) is 1.91. The molecule has 6 nitrogen and oxygen atoms in total. The van der Waals surface area contributed by atoms with Gasteiger partial charge in [0.05, 0.1) is 18.4 Å². The number of fused-ring (bicyclic) bond motifs is 2. The molecular formula is C19H21N3O3. The smallest absolute Gasteiger partial charge is 0.240 e. The van der Waals surface area contributed by atoms with Crippen LogP contribution in [0, 0.1) is 11.8 Å². The first-order valence-electron chi connectivity index (χ1n) is 8.82. The van der Waals surface area contributed by atoms with E-state index in [0.29, 0.717) is 6.54 Å². The Morgan fingerprint density at radius 2 is 1.80 bits per heavy atom. The van der Waals surface area contributed by atoms with Gasteiger partial charge in [-0.3, -0.25) is 19.3 Å². The summed E-state index contributed by atoms with van der Waals surface area (Å²) in [5, 5.41) is 3.88. The molecule has 2 aromatic rings. The molecule has 130 valence electrons. The van der Waals surface area contributed by atoms with E-state index < -0.39 is 0 Å². The Morgan fingerprint density at radius 3 is 2.48 bits per heavy atom. The zero-order valence-corrected chi connectivity index (χ0v) is 14.0. The van der Waals surface area contributed by atoms with Crippen molar-refractivity contribution >= 4 is 28.6 Å². The fourth-order valence-electron chi connectivity index (χ4n) is 4.01. The topological polar surface area (TPSA) is 82.3 Å². The molecule has 25 heavy (non-hydrogen) atoms. The van der Waals surface area contributed by atoms with E-state index in [1.54, 1.807) is 0 Å². The fourth-order valence-corrected chi connectivity index (χ4v) is 4.01. The molecule has 4 rings (SSSR count). The lowest BCUT2D eigenvalue weighted by molar-refractivity contribution is -0.143. The zero-order valence-electron chi connectivity index (χ0n) is 14.0. The van der Waals surface area contributed by atoms with E-state index in [-0.39, 0.29) is 36.1 Å². The number of carbonyl (C=O) groups excluding carboxylic acids is 3. The minimum atomic E-state index is -0.306. The summed E-state index contributed by atoms with van der Waals surface area (Å²) in [6.45, 7) is 0.168. The number of H-pyrrole nitrogens is 1. The van der Waals surface area contributed by atoms with Crippen molar-refractivity contribution in [2.24, 2.45) is 11.8 Å². The van der Waals surface area contributed by atoms with Crippen LogP contribution in [0.25, 0.3) is 10.9 Å². The molecule has 1 aromatic carbocycles. The first kappa shape index (κ1) is 15.9. The summed E-state index contributed by atoms with van der Waals surface area (Å²) in [6, 6.07) is 9.87. The first-order chi connectivity index (χ1) is 12.1. The molecule has 2 fully saturated rings. The number of benzene rings is 1. The van der Waals surface area contributed by atoms with E-state index in [1.165, 1.54) is 0 Å². The summed E-state index contributed by atoms with van der Waals surface area (Å²) in [5.74, 6) is -1.06. The number of carbonyl (C=O) groups is 3. The van der Waals surface area contributed by atoms with Crippen LogP contribution in [0.4, 0.5) is 0 Å². The number of imide groups is 1. The molecule has 2 atom stereocenters. The molecule has 0 bridgehead atoms. The molecule has 2 aliphatic rings. The Balaban J connectivity index is 1.37. The van der Waals surface area contributed by atoms with Gasteiger partial charge >= 0.3 is 0 Å². The fraction of sp³-hybridized carbons (Fsp3) is 0.421. The minimum Gasteiger partial charge on any atom is -0.357 e. The van der Waals surface area contributed by atoms with Gasteiger partial charge in [0.2, 0.25) is 17.7 Å². The van der Waals surface area contributed by atoms with Gasteiger partial charge < -0.3 is 10.3 Å². The third-order valence-corrected chi connectivity index (χ3v) is 5.30. The maximum Gasteiger partial charge on any atom is 0.240 e. The normalized spacial score (nSPS) is 23.1. The zero-order chi connectivity index (χ0) is 17.4. The number of rotatable bonds is 4. The van der Waals surface area contributed by atoms with E-state index in [2.05, 4.69) is 10.3 Å². The standard InChI is InChI=1S/C19H21N3O3/c23-17(20-10-13-9-12-5-1-4-8-16(12)21-13)11-22-18(24)14-6-2-3-7-15(14)19(22)25/h1,4-5,8-9,14-15,21H,2-3,6-7,10-11H2,(H,20,23)/t14-,15-/m1/s1. The Hall–Kier alpha value is -2.63. The van der Waals surface area contributed by atoms with Crippen molar-refractivity contribution < 1.29 is 14.4 Å². The Kier molecular flexibility index (Phi) is 4.03. The van der Waals surface area contributed by atoms with Crippen LogP contribution in [0.15, 0.2) is 30.3 Å². The largest absolute Gasteiger partial charge is 0.357 e. The van der Waals surface area contributed by atoms with Crippen LogP contribution >= 0.6 is 0 Å². The molecule has 0 spiro atoms. The molecule has 1 saturated carbocycles. The van der Waals surface area contributed by atoms with Crippen molar-refractivity contribution in [3.63, 3.8) is 0 Å². The summed E-state index contributed by atoms with van der Waals surface area (Å²) < 4.78 is 0. The second-order valence-corrected chi connectivity index (χ2v) is 6.92. The van der Waals surface area contributed by atoms with Crippen molar-refractivity contribution in [2.75, 3.05) is 6.54 Å². The number of nitrogens with zero attached hydrogens (tertiary/aromatic N) is 1. The molecule has 6 heteroatoms. The maximum atomic E-state index is 12.4. The second kappa shape index (κ2) is 6.35. The van der Waals surface area contributed by atoms with Crippen molar-refractivity contribution in [3.05, 3.63) is 36.0 Å². The SMILES string of the molecule is O=C(CN1C(=O)[C@@H]2CCCC[C@H]2C1=O)NCc1cc2ccccc2[nH]1. The predicted octanol–water partition coefficient (Wildman–Crippen LogP) is 1.96. The van der Waals surface area contributed by atoms with Crippen LogP contribution in [-0.4, -0.2) is 34.2 Å². The monoisotopic (exact) mass is 339 g/mol. The van der Waals surface area contributed by atoms with Gasteiger partial charge in [0, 0.05) is 11.2 Å². The molecule has 1 aromatic heterocycles. The minimum absolute atomic E-state index is 0.171. The van der Waals surface area contributed by atoms with Crippen LogP contribution in [0.3, 0.4) is 0 Å². The van der Waals surface area contributed by atoms with Crippen molar-refractivity contribution in [1.29, 1.82) is 0 Å². The second-order valence-electron chi connectivity index (χ2n) is 6.92. The molecule has 0 radical (unpaired) electrons. The number of hydrogen-bond acceptors (Lipinski definition) is 3. The van der Waals surface area contributed by atoms with Gasteiger partial charge in [0.25, 0.3) is 0 Å². The number of hydrogen-bond donors (Lipinski definition) is 2. The average Bonchev–Trinajstić information content (AvgIpc) is 3.15. The molecular weight excluding hydrogens is 318 g/mol. The molecule has 3 amide bonds. The number of likely N-dealkylation sites (tertiary alicyclic amines) is 1. The summed E-state index contributed by atoms with van der Waals surface area (Å²) in [4.78, 5) is 41.4. The molecule has 1 aliphatic carbocycles. The summed E-state index contributed by atoms with van der Waals surface area (Å²) >= 11 is 0. The number of aromatic amines is 1. The Labute approximate surface area is 145 Å². The third kappa shape index (κ3) is 2.92. The highest BCUT2D eigenvalue weighted by atomic mass is 16.2. The van der Waals surface area contributed by atoms with Gasteiger partial charge in [0.1, 0.15) is 6.54 Å². The van der Waals surface area contributed by atoms with Gasteiger partial charge in [0.15, 0.2) is 0 Å². The number of amides is 3. The molecule has 2 heterocycles. The van der Waals surface area contributed by atoms with Gasteiger partial charge in [-0.05, 0) is 30.4 Å². The van der Waals surface area contributed by atoms with Crippen LogP contribution in [0.1, 0.15) is 31.4 Å². The number of aromatic nitrogens is 1. The lowest BCUT2D eigenvalue weighted by Crippen LogP contribution is -2.40. The Bertz CT molecular complexity index is 784. The van der Waals surface area contributed by atoms with E-state index in [4.69, 9.17) is 0 Å². The highest BCUT2D eigenvalue weighted by molar-refractivity contribution is 6.07. The first-order valence-corrected chi connectivity index (χ1v) is 8.82. The highest BCUT2D eigenvalue weighted by Crippen LogP contribution is 2.37. The van der Waals surface area contributed by atoms with Crippen LogP contribution < -0.4 is 5.32 Å². The number of para-hydroxylation sites is 1. The average molecular weight is 339 g/mol. The van der Waals surface area contributed by atoms with Crippen molar-refractivity contribution in [1.82, 2.24) is 15.2 Å². The molecule has 1 aliphatic heterocycles. The lowest BCUT2D eigenvalue weighted by Gasteiger charge is -2.19. The van der Waals surface area contributed by atoms with Crippen LogP contribution in [0.5, 0.6) is 0 Å². The van der Waals surface area contributed by atoms with E-state index in [9.17, 15) is 14.4 Å². The maximum absolute atomic E-state index is 12.4. The quantitative estimate of drug-likeness (QED) is 0.836. The van der Waals surface area contributed by atoms with Crippen molar-refractivity contribution in [3.8, 4) is 0 Å². The molecule has 1 saturated heterocycles. The molecule has 2 N–H and O–H groups in total. The highest BCUT2D eigenvalue weighted by Gasteiger charge is 2.48. The van der Waals surface area contributed by atoms with Crippen LogP contribution in [-0.2, 0) is 20.9 Å². The van der Waals surface area contributed by atoms with Gasteiger partial charge in [-0.15, -0.1) is 0 Å². The van der Waals surface area contributed by atoms with Gasteiger partial charge in [-0.1, -0.05) is 31.0 Å². The molecule has 0 unspecified atom stereocenters.